The van der Waals surface area contributed by atoms with Crippen molar-refractivity contribution in [1.82, 2.24) is 24.2 Å². The van der Waals surface area contributed by atoms with Gasteiger partial charge in [0.25, 0.3) is 5.91 Å². The molecule has 1 aliphatic heterocycles. The average Bonchev–Trinajstić information content (AvgIpc) is 3.42. The van der Waals surface area contributed by atoms with Crippen LogP contribution in [0.4, 0.5) is 0 Å². The van der Waals surface area contributed by atoms with Gasteiger partial charge >= 0.3 is 0 Å². The molecule has 1 fully saturated rings. The molecule has 0 unspecified atom stereocenters. The van der Waals surface area contributed by atoms with Gasteiger partial charge in [0.1, 0.15) is 5.69 Å². The van der Waals surface area contributed by atoms with Crippen LogP contribution >= 0.6 is 0 Å². The molecule has 0 atom stereocenters. The van der Waals surface area contributed by atoms with E-state index in [1.54, 1.807) is 18.5 Å². The molecular weight excluding hydrogens is 354 g/mol. The topological polar surface area (TPSA) is 65.2 Å². The third kappa shape index (κ3) is 2.43. The van der Waals surface area contributed by atoms with E-state index in [0.29, 0.717) is 24.8 Å². The molecule has 1 aliphatic rings. The normalized spacial score (nSPS) is 14.6. The Morgan fingerprint density at radius 1 is 1.11 bits per heavy atom. The van der Waals surface area contributed by atoms with Crippen LogP contribution in [0.3, 0.4) is 0 Å². The number of hydrogen-bond acceptors (Lipinski definition) is 4. The number of benzene rings is 1. The first-order valence-electron chi connectivity index (χ1n) is 9.53. The smallest absolute Gasteiger partial charge is 0.294 e. The molecule has 0 saturated carbocycles. The van der Waals surface area contributed by atoms with Gasteiger partial charge in [0, 0.05) is 23.8 Å². The van der Waals surface area contributed by atoms with Gasteiger partial charge in [0.15, 0.2) is 0 Å². The zero-order chi connectivity index (χ0) is 19.3. The molecule has 5 rings (SSSR count). The van der Waals surface area contributed by atoms with Crippen LogP contribution in [0.15, 0.2) is 48.8 Å². The van der Waals surface area contributed by atoms with Crippen molar-refractivity contribution in [3.63, 3.8) is 0 Å². The van der Waals surface area contributed by atoms with E-state index in [1.165, 1.54) is 5.06 Å². The highest BCUT2D eigenvalue weighted by molar-refractivity contribution is 6.10. The number of hydroxylamine groups is 2. The van der Waals surface area contributed by atoms with E-state index in [9.17, 15) is 4.79 Å². The first-order chi connectivity index (χ1) is 13.7. The first kappa shape index (κ1) is 16.9. The van der Waals surface area contributed by atoms with Crippen molar-refractivity contribution in [2.24, 2.45) is 0 Å². The predicted molar refractivity (Wildman–Crippen MR) is 106 cm³/mol. The Bertz CT molecular complexity index is 1170. The zero-order valence-corrected chi connectivity index (χ0v) is 15.9. The minimum atomic E-state index is -0.166. The van der Waals surface area contributed by atoms with Gasteiger partial charge in [-0.05, 0) is 38.5 Å². The van der Waals surface area contributed by atoms with Crippen LogP contribution in [0.25, 0.3) is 27.9 Å². The molecule has 28 heavy (non-hydrogen) atoms. The van der Waals surface area contributed by atoms with Crippen LogP contribution in [0.2, 0.25) is 0 Å². The van der Waals surface area contributed by atoms with Gasteiger partial charge in [-0.25, -0.2) is 15.0 Å². The number of amides is 1. The van der Waals surface area contributed by atoms with Gasteiger partial charge < -0.3 is 4.57 Å². The fourth-order valence-corrected chi connectivity index (χ4v) is 4.02. The van der Waals surface area contributed by atoms with Gasteiger partial charge in [0.2, 0.25) is 5.95 Å². The standard InChI is InChI=1S/C21H21N5O2/c1-14(2)25-16-8-4-3-7-15(16)19-17(25)13-18(20(27)24-11-6-12-28-24)26(19)21-22-9-5-10-23-21/h3-5,7-10,13-14H,6,11-12H2,1-2H3. The lowest BCUT2D eigenvalue weighted by Gasteiger charge is -2.15. The second-order valence-electron chi connectivity index (χ2n) is 7.22. The quantitative estimate of drug-likeness (QED) is 0.547. The second kappa shape index (κ2) is 6.45. The predicted octanol–water partition coefficient (Wildman–Crippen LogP) is 3.73. The zero-order valence-electron chi connectivity index (χ0n) is 15.9. The molecule has 0 aliphatic carbocycles. The van der Waals surface area contributed by atoms with Crippen molar-refractivity contribution in [1.29, 1.82) is 0 Å². The third-order valence-electron chi connectivity index (χ3n) is 5.13. The van der Waals surface area contributed by atoms with Gasteiger partial charge in [-0.15, -0.1) is 0 Å². The second-order valence-corrected chi connectivity index (χ2v) is 7.22. The Kier molecular flexibility index (Phi) is 3.91. The largest absolute Gasteiger partial charge is 0.337 e. The van der Waals surface area contributed by atoms with Crippen molar-refractivity contribution in [3.8, 4) is 5.95 Å². The SMILES string of the molecule is CC(C)n1c2ccccc2c2c1cc(C(=O)N1CCCO1)n2-c1ncccn1. The summed E-state index contributed by atoms with van der Waals surface area (Å²) in [6.45, 7) is 5.45. The molecule has 0 bridgehead atoms. The van der Waals surface area contributed by atoms with Crippen LogP contribution in [0, 0.1) is 0 Å². The summed E-state index contributed by atoms with van der Waals surface area (Å²) >= 11 is 0. The molecular formula is C21H21N5O2. The molecule has 0 spiro atoms. The molecule has 7 heteroatoms. The van der Waals surface area contributed by atoms with E-state index in [1.807, 2.05) is 22.8 Å². The third-order valence-corrected chi connectivity index (χ3v) is 5.13. The first-order valence-corrected chi connectivity index (χ1v) is 9.53. The summed E-state index contributed by atoms with van der Waals surface area (Å²) in [6.07, 6.45) is 4.22. The summed E-state index contributed by atoms with van der Waals surface area (Å²) < 4.78 is 4.12. The van der Waals surface area contributed by atoms with E-state index >= 15 is 0 Å². The number of rotatable bonds is 3. The highest BCUT2D eigenvalue weighted by atomic mass is 16.7. The van der Waals surface area contributed by atoms with Crippen molar-refractivity contribution < 1.29 is 9.63 Å². The number of hydrogen-bond donors (Lipinski definition) is 0. The minimum Gasteiger partial charge on any atom is -0.337 e. The maximum absolute atomic E-state index is 13.2. The number of aromatic nitrogens is 4. The molecule has 7 nitrogen and oxygen atoms in total. The van der Waals surface area contributed by atoms with Gasteiger partial charge in [0.05, 0.1) is 29.7 Å². The van der Waals surface area contributed by atoms with E-state index in [0.717, 1.165) is 28.4 Å². The molecule has 0 radical (unpaired) electrons. The fourth-order valence-electron chi connectivity index (χ4n) is 4.02. The van der Waals surface area contributed by atoms with Crippen LogP contribution in [-0.4, -0.2) is 43.2 Å². The van der Waals surface area contributed by atoms with Crippen LogP contribution in [-0.2, 0) is 4.84 Å². The Morgan fingerprint density at radius 3 is 2.61 bits per heavy atom. The lowest BCUT2D eigenvalue weighted by molar-refractivity contribution is -0.0772. The molecule has 1 aromatic carbocycles. The number of carbonyl (C=O) groups excluding carboxylic acids is 1. The lowest BCUT2D eigenvalue weighted by atomic mass is 10.2. The number of fused-ring (bicyclic) bond motifs is 3. The Balaban J connectivity index is 1.87. The van der Waals surface area contributed by atoms with Gasteiger partial charge in [-0.2, -0.15) is 0 Å². The van der Waals surface area contributed by atoms with Crippen LogP contribution in [0.5, 0.6) is 0 Å². The molecule has 1 saturated heterocycles. The maximum Gasteiger partial charge on any atom is 0.294 e. The van der Waals surface area contributed by atoms with Crippen LogP contribution < -0.4 is 0 Å². The summed E-state index contributed by atoms with van der Waals surface area (Å²) in [6, 6.07) is 12.2. The number of carbonyl (C=O) groups is 1. The summed E-state index contributed by atoms with van der Waals surface area (Å²) in [5.74, 6) is 0.312. The van der Waals surface area contributed by atoms with E-state index in [4.69, 9.17) is 4.84 Å². The molecule has 0 N–H and O–H groups in total. The summed E-state index contributed by atoms with van der Waals surface area (Å²) in [7, 11) is 0. The highest BCUT2D eigenvalue weighted by Crippen LogP contribution is 2.35. The monoisotopic (exact) mass is 375 g/mol. The Labute approximate surface area is 162 Å². The lowest BCUT2D eigenvalue weighted by Crippen LogP contribution is -2.28. The van der Waals surface area contributed by atoms with Gasteiger partial charge in [-0.3, -0.25) is 14.2 Å². The maximum atomic E-state index is 13.2. The van der Waals surface area contributed by atoms with Crippen LogP contribution in [0.1, 0.15) is 36.8 Å². The van der Waals surface area contributed by atoms with Crippen molar-refractivity contribution in [2.45, 2.75) is 26.3 Å². The molecule has 142 valence electrons. The molecule has 1 amide bonds. The fraction of sp³-hybridized carbons (Fsp3) is 0.286. The number of para-hydroxylation sites is 1. The van der Waals surface area contributed by atoms with E-state index < -0.39 is 0 Å². The van der Waals surface area contributed by atoms with E-state index in [2.05, 4.69) is 40.5 Å². The Morgan fingerprint density at radius 2 is 1.89 bits per heavy atom. The summed E-state index contributed by atoms with van der Waals surface area (Å²) in [5, 5.41) is 2.51. The minimum absolute atomic E-state index is 0.166. The average molecular weight is 375 g/mol. The Hall–Kier alpha value is -3.19. The summed E-state index contributed by atoms with van der Waals surface area (Å²) in [4.78, 5) is 27.6. The van der Waals surface area contributed by atoms with E-state index in [-0.39, 0.29) is 11.9 Å². The van der Waals surface area contributed by atoms with Crippen molar-refractivity contribution in [2.75, 3.05) is 13.2 Å². The molecule has 3 aromatic heterocycles. The van der Waals surface area contributed by atoms with Gasteiger partial charge in [-0.1, -0.05) is 18.2 Å². The molecule has 4 aromatic rings. The number of nitrogens with zero attached hydrogens (tertiary/aromatic N) is 5. The highest BCUT2D eigenvalue weighted by Gasteiger charge is 2.29. The van der Waals surface area contributed by atoms with Crippen molar-refractivity contribution >= 4 is 27.8 Å². The van der Waals surface area contributed by atoms with Crippen molar-refractivity contribution in [3.05, 3.63) is 54.5 Å². The summed E-state index contributed by atoms with van der Waals surface area (Å²) in [5.41, 5.74) is 3.58. The molecule has 4 heterocycles.